The molecule has 2 atom stereocenters. The molecule has 1 aliphatic rings. The van der Waals surface area contributed by atoms with Crippen LogP contribution in [0.2, 0.25) is 0 Å². The quantitative estimate of drug-likeness (QED) is 0.802. The van der Waals surface area contributed by atoms with E-state index in [-0.39, 0.29) is 0 Å². The van der Waals surface area contributed by atoms with Crippen molar-refractivity contribution in [3.05, 3.63) is 29.8 Å². The van der Waals surface area contributed by atoms with E-state index < -0.39 is 0 Å². The second-order valence-electron chi connectivity index (χ2n) is 6.22. The van der Waals surface area contributed by atoms with Crippen LogP contribution < -0.4 is 10.1 Å². The molecule has 0 radical (unpaired) electrons. The minimum absolute atomic E-state index is 0.484. The molecule has 19 heavy (non-hydrogen) atoms. The van der Waals surface area contributed by atoms with Crippen LogP contribution in [0.25, 0.3) is 0 Å². The van der Waals surface area contributed by atoms with Crippen LogP contribution in [0, 0.1) is 5.92 Å². The first-order chi connectivity index (χ1) is 9.06. The second-order valence-corrected chi connectivity index (χ2v) is 6.22. The Morgan fingerprint density at radius 1 is 1.11 bits per heavy atom. The molecule has 2 heteroatoms. The van der Waals surface area contributed by atoms with Crippen LogP contribution in [0.5, 0.6) is 5.75 Å². The Morgan fingerprint density at radius 3 is 2.26 bits per heavy atom. The normalized spacial score (nSPS) is 18.4. The molecule has 1 aliphatic carbocycles. The minimum atomic E-state index is 0.484. The van der Waals surface area contributed by atoms with Gasteiger partial charge in [-0.05, 0) is 48.9 Å². The zero-order valence-corrected chi connectivity index (χ0v) is 12.6. The molecule has 1 fully saturated rings. The molecule has 0 spiro atoms. The van der Waals surface area contributed by atoms with Gasteiger partial charge in [-0.25, -0.2) is 0 Å². The molecule has 2 rings (SSSR count). The van der Waals surface area contributed by atoms with Crippen LogP contribution in [-0.4, -0.2) is 18.7 Å². The monoisotopic (exact) mass is 261 g/mol. The van der Waals surface area contributed by atoms with Gasteiger partial charge in [0.2, 0.25) is 0 Å². The Balaban J connectivity index is 1.88. The maximum atomic E-state index is 5.79. The van der Waals surface area contributed by atoms with Crippen LogP contribution >= 0.6 is 0 Å². The minimum Gasteiger partial charge on any atom is -0.490 e. The van der Waals surface area contributed by atoms with Gasteiger partial charge in [-0.3, -0.25) is 0 Å². The largest absolute Gasteiger partial charge is 0.490 e. The zero-order chi connectivity index (χ0) is 13.8. The summed E-state index contributed by atoms with van der Waals surface area (Å²) in [4.78, 5) is 0. The molecule has 1 aromatic carbocycles. The fourth-order valence-electron chi connectivity index (χ4n) is 2.16. The maximum absolute atomic E-state index is 5.79. The predicted octanol–water partition coefficient (Wildman–Crippen LogP) is 3.97. The SMILES string of the molecule is CC(C)NCC(C)C(C)c1ccc(OC2CC2)cc1. The van der Waals surface area contributed by atoms with Gasteiger partial charge in [0.1, 0.15) is 5.75 Å². The van der Waals surface area contributed by atoms with E-state index >= 15 is 0 Å². The summed E-state index contributed by atoms with van der Waals surface area (Å²) < 4.78 is 5.79. The van der Waals surface area contributed by atoms with Crippen molar-refractivity contribution in [3.8, 4) is 5.75 Å². The van der Waals surface area contributed by atoms with Gasteiger partial charge < -0.3 is 10.1 Å². The van der Waals surface area contributed by atoms with E-state index in [2.05, 4.69) is 57.3 Å². The van der Waals surface area contributed by atoms with Crippen LogP contribution in [-0.2, 0) is 0 Å². The number of rotatable bonds is 7. The van der Waals surface area contributed by atoms with Crippen molar-refractivity contribution in [2.45, 2.75) is 58.6 Å². The zero-order valence-electron chi connectivity index (χ0n) is 12.6. The van der Waals surface area contributed by atoms with E-state index in [0.29, 0.717) is 24.0 Å². The highest BCUT2D eigenvalue weighted by molar-refractivity contribution is 5.30. The Morgan fingerprint density at radius 2 is 1.74 bits per heavy atom. The summed E-state index contributed by atoms with van der Waals surface area (Å²) in [6.07, 6.45) is 2.92. The average Bonchev–Trinajstić information content (AvgIpc) is 3.20. The highest BCUT2D eigenvalue weighted by atomic mass is 16.5. The van der Waals surface area contributed by atoms with Crippen LogP contribution in [0.3, 0.4) is 0 Å². The number of benzene rings is 1. The summed E-state index contributed by atoms with van der Waals surface area (Å²) in [7, 11) is 0. The highest BCUT2D eigenvalue weighted by Gasteiger charge is 2.23. The van der Waals surface area contributed by atoms with E-state index in [0.717, 1.165) is 12.3 Å². The summed E-state index contributed by atoms with van der Waals surface area (Å²) >= 11 is 0. The molecule has 106 valence electrons. The number of ether oxygens (including phenoxy) is 1. The molecule has 2 nitrogen and oxygen atoms in total. The molecule has 0 bridgehead atoms. The third-order valence-electron chi connectivity index (χ3n) is 3.93. The first-order valence-corrected chi connectivity index (χ1v) is 7.56. The standard InChI is InChI=1S/C17H27NO/c1-12(2)18-11-13(3)14(4)15-5-7-16(8-6-15)19-17-9-10-17/h5-8,12-14,17-18H,9-11H2,1-4H3. The van der Waals surface area contributed by atoms with Gasteiger partial charge in [-0.1, -0.05) is 39.8 Å². The van der Waals surface area contributed by atoms with Crippen molar-refractivity contribution in [1.29, 1.82) is 0 Å². The first kappa shape index (κ1) is 14.4. The Bertz CT molecular complexity index is 381. The Labute approximate surface area is 117 Å². The molecule has 1 N–H and O–H groups in total. The van der Waals surface area contributed by atoms with Gasteiger partial charge in [0.15, 0.2) is 0 Å². The lowest BCUT2D eigenvalue weighted by Crippen LogP contribution is -2.29. The molecule has 1 aromatic rings. The maximum Gasteiger partial charge on any atom is 0.119 e. The summed E-state index contributed by atoms with van der Waals surface area (Å²) in [5.41, 5.74) is 1.40. The fraction of sp³-hybridized carbons (Fsp3) is 0.647. The van der Waals surface area contributed by atoms with Crippen molar-refractivity contribution in [3.63, 3.8) is 0 Å². The van der Waals surface area contributed by atoms with Crippen molar-refractivity contribution in [2.24, 2.45) is 5.92 Å². The van der Waals surface area contributed by atoms with E-state index in [4.69, 9.17) is 4.74 Å². The molecule has 0 amide bonds. The van der Waals surface area contributed by atoms with Crippen molar-refractivity contribution >= 4 is 0 Å². The molecular formula is C17H27NO. The lowest BCUT2D eigenvalue weighted by molar-refractivity contribution is 0.303. The Kier molecular flexibility index (Phi) is 4.87. The van der Waals surface area contributed by atoms with E-state index in [1.807, 2.05) is 0 Å². The fourth-order valence-corrected chi connectivity index (χ4v) is 2.16. The van der Waals surface area contributed by atoms with Crippen LogP contribution in [0.4, 0.5) is 0 Å². The smallest absolute Gasteiger partial charge is 0.119 e. The molecule has 0 heterocycles. The number of nitrogens with one attached hydrogen (secondary N) is 1. The predicted molar refractivity (Wildman–Crippen MR) is 80.8 cm³/mol. The van der Waals surface area contributed by atoms with Gasteiger partial charge in [-0.2, -0.15) is 0 Å². The van der Waals surface area contributed by atoms with Crippen molar-refractivity contribution < 1.29 is 4.74 Å². The van der Waals surface area contributed by atoms with Crippen LogP contribution in [0.1, 0.15) is 52.0 Å². The summed E-state index contributed by atoms with van der Waals surface area (Å²) in [5.74, 6) is 2.23. The molecular weight excluding hydrogens is 234 g/mol. The Hall–Kier alpha value is -1.02. The molecule has 0 aromatic heterocycles. The van der Waals surface area contributed by atoms with Crippen molar-refractivity contribution in [1.82, 2.24) is 5.32 Å². The third-order valence-corrected chi connectivity index (χ3v) is 3.93. The summed E-state index contributed by atoms with van der Waals surface area (Å²) in [6, 6.07) is 9.23. The topological polar surface area (TPSA) is 21.3 Å². The summed E-state index contributed by atoms with van der Waals surface area (Å²) in [5, 5.41) is 3.52. The van der Waals surface area contributed by atoms with E-state index in [1.165, 1.54) is 18.4 Å². The van der Waals surface area contributed by atoms with Crippen LogP contribution in [0.15, 0.2) is 24.3 Å². The molecule has 1 saturated carbocycles. The summed E-state index contributed by atoms with van der Waals surface area (Å²) in [6.45, 7) is 10.1. The molecule has 2 unspecified atom stereocenters. The van der Waals surface area contributed by atoms with Gasteiger partial charge in [-0.15, -0.1) is 0 Å². The van der Waals surface area contributed by atoms with Crippen molar-refractivity contribution in [2.75, 3.05) is 6.54 Å². The average molecular weight is 261 g/mol. The first-order valence-electron chi connectivity index (χ1n) is 7.56. The van der Waals surface area contributed by atoms with E-state index in [1.54, 1.807) is 0 Å². The van der Waals surface area contributed by atoms with Gasteiger partial charge in [0.25, 0.3) is 0 Å². The van der Waals surface area contributed by atoms with E-state index in [9.17, 15) is 0 Å². The molecule has 0 saturated heterocycles. The number of hydrogen-bond acceptors (Lipinski definition) is 2. The number of hydrogen-bond donors (Lipinski definition) is 1. The van der Waals surface area contributed by atoms with Gasteiger partial charge in [0, 0.05) is 6.04 Å². The van der Waals surface area contributed by atoms with Gasteiger partial charge >= 0.3 is 0 Å². The lowest BCUT2D eigenvalue weighted by Gasteiger charge is -2.22. The third kappa shape index (κ3) is 4.54. The highest BCUT2D eigenvalue weighted by Crippen LogP contribution is 2.29. The molecule has 0 aliphatic heterocycles. The second kappa shape index (κ2) is 6.42. The lowest BCUT2D eigenvalue weighted by atomic mass is 9.89. The van der Waals surface area contributed by atoms with Gasteiger partial charge in [0.05, 0.1) is 6.10 Å².